The van der Waals surface area contributed by atoms with Crippen molar-refractivity contribution in [3.05, 3.63) is 23.3 Å². The lowest BCUT2D eigenvalue weighted by Gasteiger charge is -2.14. The van der Waals surface area contributed by atoms with Crippen LogP contribution in [0.3, 0.4) is 0 Å². The molecule has 0 atom stereocenters. The number of nitrogens with one attached hydrogen (secondary N) is 2. The van der Waals surface area contributed by atoms with Gasteiger partial charge in [0.1, 0.15) is 0 Å². The molecule has 0 radical (unpaired) electrons. The Labute approximate surface area is 125 Å². The summed E-state index contributed by atoms with van der Waals surface area (Å²) in [5, 5.41) is 7.11. The topological polar surface area (TPSA) is 24.1 Å². The van der Waals surface area contributed by atoms with E-state index in [2.05, 4.69) is 22.8 Å². The summed E-state index contributed by atoms with van der Waals surface area (Å²) in [6, 6.07) is 0. The van der Waals surface area contributed by atoms with Gasteiger partial charge in [-0.25, -0.2) is 0 Å². The van der Waals surface area contributed by atoms with E-state index >= 15 is 0 Å². The smallest absolute Gasteiger partial charge is 0.00768 e. The first-order chi connectivity index (χ1) is 9.95. The summed E-state index contributed by atoms with van der Waals surface area (Å²) in [7, 11) is 0. The van der Waals surface area contributed by atoms with Crippen molar-refractivity contribution < 1.29 is 0 Å². The zero-order valence-corrected chi connectivity index (χ0v) is 13.1. The maximum Gasteiger partial charge on any atom is 0.00768 e. The predicted octanol–water partition coefficient (Wildman–Crippen LogP) is 3.95. The van der Waals surface area contributed by atoms with Crippen molar-refractivity contribution >= 4 is 0 Å². The third-order valence-electron chi connectivity index (χ3n) is 4.49. The molecule has 20 heavy (non-hydrogen) atoms. The normalized spacial score (nSPS) is 19.6. The largest absolute Gasteiger partial charge is 0.315 e. The fourth-order valence-electron chi connectivity index (χ4n) is 3.19. The highest BCUT2D eigenvalue weighted by Crippen LogP contribution is 2.20. The van der Waals surface area contributed by atoms with Crippen molar-refractivity contribution in [2.45, 2.75) is 64.2 Å². The molecule has 0 saturated heterocycles. The van der Waals surface area contributed by atoms with E-state index in [1.165, 1.54) is 64.2 Å². The van der Waals surface area contributed by atoms with E-state index in [1.54, 1.807) is 11.1 Å². The highest BCUT2D eigenvalue weighted by atomic mass is 14.9. The van der Waals surface area contributed by atoms with Crippen LogP contribution in [-0.4, -0.2) is 26.2 Å². The van der Waals surface area contributed by atoms with Crippen molar-refractivity contribution in [3.8, 4) is 0 Å². The van der Waals surface area contributed by atoms with Gasteiger partial charge in [0, 0.05) is 13.1 Å². The van der Waals surface area contributed by atoms with Gasteiger partial charge in [0.25, 0.3) is 0 Å². The fraction of sp³-hybridized carbons (Fsp3) is 0.778. The Kier molecular flexibility index (Phi) is 8.03. The molecule has 0 aromatic heterocycles. The van der Waals surface area contributed by atoms with Crippen LogP contribution in [0.2, 0.25) is 0 Å². The van der Waals surface area contributed by atoms with Gasteiger partial charge >= 0.3 is 0 Å². The lowest BCUT2D eigenvalue weighted by molar-refractivity contribution is 0.587. The standard InChI is InChI=1S/C18H32N2/c1-3-7-17(8-4-1)11-13-19-15-16-20-14-12-18-9-5-2-6-10-18/h7,9,19-20H,1-6,8,10-16H2. The minimum atomic E-state index is 1.10. The Balaban J connectivity index is 1.38. The SMILES string of the molecule is C1=C(CCNCCNCCC2=CCCCC2)CCCC1. The van der Waals surface area contributed by atoms with Crippen LogP contribution in [0.25, 0.3) is 0 Å². The third-order valence-corrected chi connectivity index (χ3v) is 4.49. The Morgan fingerprint density at radius 2 is 1.15 bits per heavy atom. The van der Waals surface area contributed by atoms with Crippen molar-refractivity contribution in [3.63, 3.8) is 0 Å². The van der Waals surface area contributed by atoms with Gasteiger partial charge in [-0.1, -0.05) is 23.3 Å². The molecule has 0 aliphatic heterocycles. The molecular formula is C18H32N2. The molecule has 0 fully saturated rings. The van der Waals surface area contributed by atoms with Crippen molar-refractivity contribution in [2.24, 2.45) is 0 Å². The Bertz CT molecular complexity index is 285. The van der Waals surface area contributed by atoms with Crippen LogP contribution in [0.1, 0.15) is 64.2 Å². The molecule has 2 aliphatic rings. The summed E-state index contributed by atoms with van der Waals surface area (Å²) in [4.78, 5) is 0. The van der Waals surface area contributed by atoms with Gasteiger partial charge in [0.2, 0.25) is 0 Å². The summed E-state index contributed by atoms with van der Waals surface area (Å²) in [6.45, 7) is 4.51. The molecule has 2 N–H and O–H groups in total. The first-order valence-electron chi connectivity index (χ1n) is 8.72. The molecule has 114 valence electrons. The average Bonchev–Trinajstić information content (AvgIpc) is 2.52. The van der Waals surface area contributed by atoms with Gasteiger partial charge in [-0.05, 0) is 77.3 Å². The number of rotatable bonds is 9. The molecule has 2 nitrogen and oxygen atoms in total. The summed E-state index contributed by atoms with van der Waals surface area (Å²) in [6.07, 6.45) is 18.4. The maximum absolute atomic E-state index is 3.55. The van der Waals surface area contributed by atoms with Gasteiger partial charge in [0.15, 0.2) is 0 Å². The second kappa shape index (κ2) is 10.2. The first kappa shape index (κ1) is 15.8. The minimum absolute atomic E-state index is 1.10. The van der Waals surface area contributed by atoms with Crippen molar-refractivity contribution in [2.75, 3.05) is 26.2 Å². The zero-order chi connectivity index (χ0) is 13.9. The van der Waals surface area contributed by atoms with Crippen LogP contribution in [0.4, 0.5) is 0 Å². The molecule has 0 heterocycles. The van der Waals surface area contributed by atoms with Crippen LogP contribution < -0.4 is 10.6 Å². The Morgan fingerprint density at radius 1 is 0.650 bits per heavy atom. The second-order valence-corrected chi connectivity index (χ2v) is 6.22. The van der Waals surface area contributed by atoms with Gasteiger partial charge in [0.05, 0.1) is 0 Å². The Morgan fingerprint density at radius 3 is 1.55 bits per heavy atom. The van der Waals surface area contributed by atoms with E-state index in [1.807, 2.05) is 0 Å². The third kappa shape index (κ3) is 6.71. The molecule has 0 spiro atoms. The van der Waals surface area contributed by atoms with E-state index in [0.717, 1.165) is 26.2 Å². The maximum atomic E-state index is 3.55. The molecule has 0 aromatic rings. The highest BCUT2D eigenvalue weighted by molar-refractivity contribution is 5.05. The summed E-state index contributed by atoms with van der Waals surface area (Å²) >= 11 is 0. The van der Waals surface area contributed by atoms with Crippen LogP contribution in [0, 0.1) is 0 Å². The summed E-state index contributed by atoms with van der Waals surface area (Å²) < 4.78 is 0. The van der Waals surface area contributed by atoms with Crippen LogP contribution in [0.15, 0.2) is 23.3 Å². The molecular weight excluding hydrogens is 244 g/mol. The Hall–Kier alpha value is -0.600. The van der Waals surface area contributed by atoms with Crippen LogP contribution in [0.5, 0.6) is 0 Å². The number of allylic oxidation sites excluding steroid dienone is 2. The predicted molar refractivity (Wildman–Crippen MR) is 88.1 cm³/mol. The van der Waals surface area contributed by atoms with E-state index in [4.69, 9.17) is 0 Å². The van der Waals surface area contributed by atoms with Gasteiger partial charge in [-0.3, -0.25) is 0 Å². The molecule has 0 saturated carbocycles. The first-order valence-corrected chi connectivity index (χ1v) is 8.72. The highest BCUT2D eigenvalue weighted by Gasteiger charge is 2.03. The second-order valence-electron chi connectivity index (χ2n) is 6.22. The van der Waals surface area contributed by atoms with Gasteiger partial charge in [-0.15, -0.1) is 0 Å². The lowest BCUT2D eigenvalue weighted by Crippen LogP contribution is -2.29. The summed E-state index contributed by atoms with van der Waals surface area (Å²) in [5.74, 6) is 0. The number of hydrogen-bond donors (Lipinski definition) is 2. The fourth-order valence-corrected chi connectivity index (χ4v) is 3.19. The van der Waals surface area contributed by atoms with Gasteiger partial charge in [-0.2, -0.15) is 0 Å². The summed E-state index contributed by atoms with van der Waals surface area (Å²) in [5.41, 5.74) is 3.36. The van der Waals surface area contributed by atoms with Gasteiger partial charge < -0.3 is 10.6 Å². The molecule has 0 amide bonds. The van der Waals surface area contributed by atoms with Crippen molar-refractivity contribution in [1.29, 1.82) is 0 Å². The van der Waals surface area contributed by atoms with E-state index in [-0.39, 0.29) is 0 Å². The quantitative estimate of drug-likeness (QED) is 0.492. The van der Waals surface area contributed by atoms with Crippen LogP contribution >= 0.6 is 0 Å². The van der Waals surface area contributed by atoms with E-state index in [0.29, 0.717) is 0 Å². The number of hydrogen-bond acceptors (Lipinski definition) is 2. The zero-order valence-electron chi connectivity index (χ0n) is 13.1. The van der Waals surface area contributed by atoms with Crippen molar-refractivity contribution in [1.82, 2.24) is 10.6 Å². The molecule has 2 rings (SSSR count). The molecule has 0 bridgehead atoms. The van der Waals surface area contributed by atoms with Crippen LogP contribution in [-0.2, 0) is 0 Å². The average molecular weight is 276 g/mol. The molecule has 2 heteroatoms. The molecule has 0 unspecified atom stereocenters. The minimum Gasteiger partial charge on any atom is -0.315 e. The lowest BCUT2D eigenvalue weighted by atomic mass is 9.97. The van der Waals surface area contributed by atoms with E-state index < -0.39 is 0 Å². The molecule has 0 aromatic carbocycles. The monoisotopic (exact) mass is 276 g/mol. The molecule has 2 aliphatic carbocycles. The van der Waals surface area contributed by atoms with E-state index in [9.17, 15) is 0 Å².